The van der Waals surface area contributed by atoms with Crippen molar-refractivity contribution in [3.63, 3.8) is 0 Å². The van der Waals surface area contributed by atoms with Gasteiger partial charge in [-0.1, -0.05) is 12.1 Å². The Hall–Kier alpha value is -1.14. The van der Waals surface area contributed by atoms with Crippen molar-refractivity contribution in [1.29, 1.82) is 0 Å². The number of anilines is 1. The fourth-order valence-electron chi connectivity index (χ4n) is 2.51. The van der Waals surface area contributed by atoms with Crippen LogP contribution in [0.4, 0.5) is 5.69 Å². The van der Waals surface area contributed by atoms with Crippen LogP contribution in [0.15, 0.2) is 24.3 Å². The number of hydrogen-bond acceptors (Lipinski definition) is 4. The first-order valence-corrected chi connectivity index (χ1v) is 8.05. The van der Waals surface area contributed by atoms with Crippen molar-refractivity contribution in [3.05, 3.63) is 29.8 Å². The topological polar surface area (TPSA) is 59.6 Å². The van der Waals surface area contributed by atoms with E-state index in [1.165, 1.54) is 0 Å². The van der Waals surface area contributed by atoms with E-state index in [0.29, 0.717) is 26.4 Å². The molecule has 2 rings (SSSR count). The van der Waals surface area contributed by atoms with Crippen LogP contribution in [-0.4, -0.2) is 38.8 Å². The third kappa shape index (κ3) is 7.31. The molecule has 130 valence electrons. The summed E-state index contributed by atoms with van der Waals surface area (Å²) in [7, 11) is 0. The molecule has 6 heteroatoms. The predicted octanol–water partition coefficient (Wildman–Crippen LogP) is 2.60. The summed E-state index contributed by atoms with van der Waals surface area (Å²) in [5.74, 6) is 0.168. The van der Waals surface area contributed by atoms with Gasteiger partial charge in [0.2, 0.25) is 5.91 Å². The minimum atomic E-state index is 0. The standard InChI is InChI=1S/C17H26N2O3.ClH/c1-2-21-9-10-22-13-14-5-3-7-16(11-14)19-17(20)15-6-4-8-18-12-15;/h3,5,7,11,15,18H,2,4,6,8-10,12-13H2,1H3,(H,19,20);1H. The molecule has 2 N–H and O–H groups in total. The van der Waals surface area contributed by atoms with Gasteiger partial charge in [0.05, 0.1) is 25.7 Å². The molecular weight excluding hydrogens is 316 g/mol. The van der Waals surface area contributed by atoms with Crippen LogP contribution in [-0.2, 0) is 20.9 Å². The predicted molar refractivity (Wildman–Crippen MR) is 94.1 cm³/mol. The van der Waals surface area contributed by atoms with E-state index in [1.54, 1.807) is 0 Å². The van der Waals surface area contributed by atoms with Gasteiger partial charge in [0, 0.05) is 18.8 Å². The smallest absolute Gasteiger partial charge is 0.228 e. The first-order valence-electron chi connectivity index (χ1n) is 8.05. The molecule has 1 aromatic carbocycles. The summed E-state index contributed by atoms with van der Waals surface area (Å²) in [4.78, 5) is 12.2. The molecule has 0 aliphatic carbocycles. The minimum absolute atomic E-state index is 0. The van der Waals surface area contributed by atoms with E-state index < -0.39 is 0 Å². The first-order chi connectivity index (χ1) is 10.8. The quantitative estimate of drug-likeness (QED) is 0.713. The maximum Gasteiger partial charge on any atom is 0.228 e. The van der Waals surface area contributed by atoms with Crippen LogP contribution >= 0.6 is 12.4 Å². The molecule has 0 radical (unpaired) electrons. The van der Waals surface area contributed by atoms with E-state index in [1.807, 2.05) is 31.2 Å². The molecule has 0 spiro atoms. The van der Waals surface area contributed by atoms with Crippen LogP contribution in [0.5, 0.6) is 0 Å². The van der Waals surface area contributed by atoms with Gasteiger partial charge in [0.25, 0.3) is 0 Å². The summed E-state index contributed by atoms with van der Waals surface area (Å²) in [5.41, 5.74) is 1.89. The lowest BCUT2D eigenvalue weighted by atomic mass is 9.99. The van der Waals surface area contributed by atoms with Crippen LogP contribution in [0, 0.1) is 5.92 Å². The van der Waals surface area contributed by atoms with Crippen molar-refractivity contribution in [1.82, 2.24) is 5.32 Å². The van der Waals surface area contributed by atoms with E-state index in [9.17, 15) is 4.79 Å². The van der Waals surface area contributed by atoms with Gasteiger partial charge in [0.15, 0.2) is 0 Å². The molecule has 1 saturated heterocycles. The van der Waals surface area contributed by atoms with Crippen molar-refractivity contribution in [2.45, 2.75) is 26.4 Å². The normalized spacial score (nSPS) is 17.3. The van der Waals surface area contributed by atoms with Crippen LogP contribution in [0.3, 0.4) is 0 Å². The number of piperidine rings is 1. The highest BCUT2D eigenvalue weighted by Crippen LogP contribution is 2.16. The Bertz CT molecular complexity index is 465. The number of halogens is 1. The van der Waals surface area contributed by atoms with Gasteiger partial charge >= 0.3 is 0 Å². The summed E-state index contributed by atoms with van der Waals surface area (Å²) in [6, 6.07) is 7.82. The zero-order chi connectivity index (χ0) is 15.6. The maximum absolute atomic E-state index is 12.2. The molecule has 1 amide bonds. The third-order valence-electron chi connectivity index (χ3n) is 3.71. The second-order valence-corrected chi connectivity index (χ2v) is 5.48. The van der Waals surface area contributed by atoms with Gasteiger partial charge in [-0.15, -0.1) is 12.4 Å². The van der Waals surface area contributed by atoms with Crippen LogP contribution in [0.2, 0.25) is 0 Å². The molecule has 5 nitrogen and oxygen atoms in total. The molecule has 0 saturated carbocycles. The molecule has 23 heavy (non-hydrogen) atoms. The molecule has 1 aromatic rings. The largest absolute Gasteiger partial charge is 0.379 e. The van der Waals surface area contributed by atoms with E-state index in [4.69, 9.17) is 9.47 Å². The van der Waals surface area contributed by atoms with Crippen LogP contribution < -0.4 is 10.6 Å². The SMILES string of the molecule is CCOCCOCc1cccc(NC(=O)C2CCCNC2)c1.Cl. The van der Waals surface area contributed by atoms with Crippen molar-refractivity contribution < 1.29 is 14.3 Å². The van der Waals surface area contributed by atoms with Crippen LogP contribution in [0.25, 0.3) is 0 Å². The number of benzene rings is 1. The van der Waals surface area contributed by atoms with Gasteiger partial charge in [-0.3, -0.25) is 4.79 Å². The van der Waals surface area contributed by atoms with Gasteiger partial charge in [0.1, 0.15) is 0 Å². The average Bonchev–Trinajstić information content (AvgIpc) is 2.56. The zero-order valence-corrected chi connectivity index (χ0v) is 14.5. The minimum Gasteiger partial charge on any atom is -0.379 e. The van der Waals surface area contributed by atoms with Gasteiger partial charge in [-0.2, -0.15) is 0 Å². The molecule has 0 bridgehead atoms. The number of rotatable bonds is 8. The lowest BCUT2D eigenvalue weighted by Gasteiger charge is -2.22. The molecule has 0 aromatic heterocycles. The summed E-state index contributed by atoms with van der Waals surface area (Å²) < 4.78 is 10.8. The van der Waals surface area contributed by atoms with E-state index in [2.05, 4.69) is 10.6 Å². The fourth-order valence-corrected chi connectivity index (χ4v) is 2.51. The van der Waals surface area contributed by atoms with Crippen LogP contribution in [0.1, 0.15) is 25.3 Å². The Morgan fingerprint density at radius 1 is 1.35 bits per heavy atom. The molecule has 1 unspecified atom stereocenters. The molecule has 1 atom stereocenters. The molecular formula is C17H27ClN2O3. The van der Waals surface area contributed by atoms with Crippen molar-refractivity contribution in [3.8, 4) is 0 Å². The van der Waals surface area contributed by atoms with Crippen molar-refractivity contribution in [2.75, 3.05) is 38.2 Å². The summed E-state index contributed by atoms with van der Waals surface area (Å²) in [5, 5.41) is 6.27. The highest BCUT2D eigenvalue weighted by atomic mass is 35.5. The van der Waals surface area contributed by atoms with Crippen molar-refractivity contribution >= 4 is 24.0 Å². The Labute approximate surface area is 144 Å². The Morgan fingerprint density at radius 3 is 2.91 bits per heavy atom. The lowest BCUT2D eigenvalue weighted by molar-refractivity contribution is -0.120. The molecule has 1 aliphatic rings. The third-order valence-corrected chi connectivity index (χ3v) is 3.71. The van der Waals surface area contributed by atoms with E-state index in [0.717, 1.165) is 37.2 Å². The highest BCUT2D eigenvalue weighted by molar-refractivity contribution is 5.92. The van der Waals surface area contributed by atoms with Gasteiger partial charge in [-0.25, -0.2) is 0 Å². The summed E-state index contributed by atoms with van der Waals surface area (Å²) >= 11 is 0. The Kier molecular flexibility index (Phi) is 9.87. The number of carbonyl (C=O) groups is 1. The number of nitrogens with one attached hydrogen (secondary N) is 2. The zero-order valence-electron chi connectivity index (χ0n) is 13.7. The van der Waals surface area contributed by atoms with Crippen molar-refractivity contribution in [2.24, 2.45) is 5.92 Å². The van der Waals surface area contributed by atoms with E-state index >= 15 is 0 Å². The Balaban J connectivity index is 0.00000264. The maximum atomic E-state index is 12.2. The number of amides is 1. The second-order valence-electron chi connectivity index (χ2n) is 5.48. The van der Waals surface area contributed by atoms with E-state index in [-0.39, 0.29) is 24.2 Å². The number of carbonyl (C=O) groups excluding carboxylic acids is 1. The molecule has 1 aliphatic heterocycles. The first kappa shape index (κ1) is 19.9. The fraction of sp³-hybridized carbons (Fsp3) is 0.588. The monoisotopic (exact) mass is 342 g/mol. The lowest BCUT2D eigenvalue weighted by Crippen LogP contribution is -2.37. The number of ether oxygens (including phenoxy) is 2. The van der Waals surface area contributed by atoms with Gasteiger partial charge < -0.3 is 20.1 Å². The number of hydrogen-bond donors (Lipinski definition) is 2. The summed E-state index contributed by atoms with van der Waals surface area (Å²) in [6.45, 7) is 6.18. The Morgan fingerprint density at radius 2 is 2.17 bits per heavy atom. The molecule has 1 heterocycles. The van der Waals surface area contributed by atoms with Gasteiger partial charge in [-0.05, 0) is 44.0 Å². The summed E-state index contributed by atoms with van der Waals surface area (Å²) in [6.07, 6.45) is 2.02. The average molecular weight is 343 g/mol. The molecule has 1 fully saturated rings. The highest BCUT2D eigenvalue weighted by Gasteiger charge is 2.20. The second kappa shape index (κ2) is 11.4.